The largest absolute Gasteiger partial charge is 0.480 e. The molecule has 20 heavy (non-hydrogen) atoms. The van der Waals surface area contributed by atoms with Crippen molar-refractivity contribution in [3.05, 3.63) is 35.4 Å². The second-order valence-electron chi connectivity index (χ2n) is 4.71. The zero-order chi connectivity index (χ0) is 15.1. The van der Waals surface area contributed by atoms with Gasteiger partial charge in [0, 0.05) is 19.2 Å². The van der Waals surface area contributed by atoms with Crippen molar-refractivity contribution in [2.45, 2.75) is 20.4 Å². The third kappa shape index (κ3) is 4.66. The SMILES string of the molecule is CCN(CC)Cc1ccc(C(=O)N(C)CC(=O)O)cc1. The van der Waals surface area contributed by atoms with Crippen molar-refractivity contribution >= 4 is 11.9 Å². The van der Waals surface area contributed by atoms with Crippen LogP contribution in [0.15, 0.2) is 24.3 Å². The lowest BCUT2D eigenvalue weighted by atomic mass is 10.1. The number of carboxylic acid groups (broad SMARTS) is 1. The maximum Gasteiger partial charge on any atom is 0.323 e. The normalized spacial score (nSPS) is 10.6. The molecule has 0 saturated heterocycles. The Morgan fingerprint density at radius 2 is 1.65 bits per heavy atom. The summed E-state index contributed by atoms with van der Waals surface area (Å²) < 4.78 is 0. The summed E-state index contributed by atoms with van der Waals surface area (Å²) in [4.78, 5) is 26.0. The van der Waals surface area contributed by atoms with Crippen molar-refractivity contribution in [3.8, 4) is 0 Å². The lowest BCUT2D eigenvalue weighted by Crippen LogP contribution is -2.31. The average Bonchev–Trinajstić information content (AvgIpc) is 2.43. The van der Waals surface area contributed by atoms with Crippen molar-refractivity contribution in [1.82, 2.24) is 9.80 Å². The maximum atomic E-state index is 12.0. The van der Waals surface area contributed by atoms with Gasteiger partial charge >= 0.3 is 5.97 Å². The predicted octanol–water partition coefficient (Wildman–Crippen LogP) is 1.68. The maximum absolute atomic E-state index is 12.0. The summed E-state index contributed by atoms with van der Waals surface area (Å²) in [6, 6.07) is 7.33. The molecule has 5 heteroatoms. The molecule has 1 N–H and O–H groups in total. The van der Waals surface area contributed by atoms with Crippen molar-refractivity contribution in [1.29, 1.82) is 0 Å². The van der Waals surface area contributed by atoms with E-state index in [2.05, 4.69) is 18.7 Å². The first-order chi connectivity index (χ1) is 9.47. The van der Waals surface area contributed by atoms with Crippen molar-refractivity contribution in [2.24, 2.45) is 0 Å². The smallest absolute Gasteiger partial charge is 0.323 e. The number of benzene rings is 1. The highest BCUT2D eigenvalue weighted by Gasteiger charge is 2.14. The molecule has 1 rings (SSSR count). The van der Waals surface area contributed by atoms with E-state index in [1.165, 1.54) is 11.9 Å². The molecule has 5 nitrogen and oxygen atoms in total. The van der Waals surface area contributed by atoms with Gasteiger partial charge in [-0.1, -0.05) is 26.0 Å². The Kier molecular flexibility index (Phi) is 6.18. The summed E-state index contributed by atoms with van der Waals surface area (Å²) in [5.74, 6) is -1.29. The summed E-state index contributed by atoms with van der Waals surface area (Å²) in [5, 5.41) is 8.68. The monoisotopic (exact) mass is 278 g/mol. The second kappa shape index (κ2) is 7.65. The predicted molar refractivity (Wildman–Crippen MR) is 77.7 cm³/mol. The van der Waals surface area contributed by atoms with Crippen LogP contribution in [0.4, 0.5) is 0 Å². The van der Waals surface area contributed by atoms with Crippen LogP contribution >= 0.6 is 0 Å². The number of carbonyl (C=O) groups excluding carboxylic acids is 1. The molecule has 0 saturated carbocycles. The zero-order valence-electron chi connectivity index (χ0n) is 12.3. The highest BCUT2D eigenvalue weighted by atomic mass is 16.4. The summed E-state index contributed by atoms with van der Waals surface area (Å²) in [6.45, 7) is 6.76. The minimum absolute atomic E-state index is 0.276. The Morgan fingerprint density at radius 3 is 2.10 bits per heavy atom. The van der Waals surface area contributed by atoms with Crippen LogP contribution in [0.2, 0.25) is 0 Å². The third-order valence-electron chi connectivity index (χ3n) is 3.22. The molecule has 0 bridgehead atoms. The number of hydrogen-bond donors (Lipinski definition) is 1. The van der Waals surface area contributed by atoms with Crippen molar-refractivity contribution in [2.75, 3.05) is 26.7 Å². The Balaban J connectivity index is 2.70. The lowest BCUT2D eigenvalue weighted by molar-refractivity contribution is -0.137. The van der Waals surface area contributed by atoms with E-state index in [-0.39, 0.29) is 12.5 Å². The molecule has 1 amide bonds. The molecule has 0 radical (unpaired) electrons. The fourth-order valence-electron chi connectivity index (χ4n) is 1.95. The number of rotatable bonds is 7. The number of amides is 1. The van der Waals surface area contributed by atoms with Crippen LogP contribution in [-0.2, 0) is 11.3 Å². The van der Waals surface area contributed by atoms with Crippen LogP contribution in [0.3, 0.4) is 0 Å². The number of nitrogens with zero attached hydrogens (tertiary/aromatic N) is 2. The molecule has 110 valence electrons. The van der Waals surface area contributed by atoms with Crippen LogP contribution in [-0.4, -0.2) is 53.5 Å². The minimum Gasteiger partial charge on any atom is -0.480 e. The highest BCUT2D eigenvalue weighted by Crippen LogP contribution is 2.09. The van der Waals surface area contributed by atoms with Gasteiger partial charge in [0.15, 0.2) is 0 Å². The Bertz CT molecular complexity index is 453. The van der Waals surface area contributed by atoms with Gasteiger partial charge in [-0.3, -0.25) is 14.5 Å². The molecule has 0 fully saturated rings. The molecule has 0 atom stereocenters. The van der Waals surface area contributed by atoms with Crippen LogP contribution in [0.25, 0.3) is 0 Å². The molecule has 0 aliphatic heterocycles. The molecule has 0 unspecified atom stereocenters. The molecule has 1 aromatic carbocycles. The first kappa shape index (κ1) is 16.2. The molecular formula is C15H22N2O3. The fraction of sp³-hybridized carbons (Fsp3) is 0.467. The standard InChI is InChI=1S/C15H22N2O3/c1-4-17(5-2)10-12-6-8-13(9-7-12)15(20)16(3)11-14(18)19/h6-9H,4-5,10-11H2,1-3H3,(H,18,19). The average molecular weight is 278 g/mol. The number of hydrogen-bond acceptors (Lipinski definition) is 3. The van der Waals surface area contributed by atoms with Crippen molar-refractivity contribution < 1.29 is 14.7 Å². The molecule has 0 heterocycles. The minimum atomic E-state index is -1.01. The molecule has 0 spiro atoms. The first-order valence-electron chi connectivity index (χ1n) is 6.76. The number of aliphatic carboxylic acids is 1. The summed E-state index contributed by atoms with van der Waals surface area (Å²) >= 11 is 0. The van der Waals surface area contributed by atoms with Crippen LogP contribution < -0.4 is 0 Å². The Morgan fingerprint density at radius 1 is 1.10 bits per heavy atom. The van der Waals surface area contributed by atoms with Crippen LogP contribution in [0.1, 0.15) is 29.8 Å². The van der Waals surface area contributed by atoms with Gasteiger partial charge in [0.25, 0.3) is 5.91 Å². The number of carboxylic acids is 1. The van der Waals surface area contributed by atoms with Gasteiger partial charge in [-0.2, -0.15) is 0 Å². The number of carbonyl (C=O) groups is 2. The van der Waals surface area contributed by atoms with Gasteiger partial charge in [-0.05, 0) is 30.8 Å². The van der Waals surface area contributed by atoms with Crippen molar-refractivity contribution in [3.63, 3.8) is 0 Å². The van der Waals surface area contributed by atoms with Gasteiger partial charge in [0.05, 0.1) is 0 Å². The van der Waals surface area contributed by atoms with Crippen LogP contribution in [0.5, 0.6) is 0 Å². The third-order valence-corrected chi connectivity index (χ3v) is 3.22. The van der Waals surface area contributed by atoms with E-state index in [1.54, 1.807) is 12.1 Å². The van der Waals surface area contributed by atoms with Gasteiger partial charge in [-0.25, -0.2) is 0 Å². The van der Waals surface area contributed by atoms with E-state index in [4.69, 9.17) is 5.11 Å². The number of likely N-dealkylation sites (N-methyl/N-ethyl adjacent to an activating group) is 1. The first-order valence-corrected chi connectivity index (χ1v) is 6.76. The van der Waals surface area contributed by atoms with E-state index in [0.29, 0.717) is 5.56 Å². The Labute approximate surface area is 119 Å². The summed E-state index contributed by atoms with van der Waals surface area (Å²) in [7, 11) is 1.49. The summed E-state index contributed by atoms with van der Waals surface area (Å²) in [5.41, 5.74) is 1.66. The fourth-order valence-corrected chi connectivity index (χ4v) is 1.95. The molecule has 1 aromatic rings. The molecule has 0 aliphatic carbocycles. The van der Waals surface area contributed by atoms with E-state index < -0.39 is 5.97 Å². The molecular weight excluding hydrogens is 256 g/mol. The lowest BCUT2D eigenvalue weighted by Gasteiger charge is -2.18. The van der Waals surface area contributed by atoms with Gasteiger partial charge in [-0.15, -0.1) is 0 Å². The highest BCUT2D eigenvalue weighted by molar-refractivity contribution is 5.95. The van der Waals surface area contributed by atoms with E-state index >= 15 is 0 Å². The molecule has 0 aliphatic rings. The molecule has 0 aromatic heterocycles. The van der Waals surface area contributed by atoms with Gasteiger partial charge in [0.1, 0.15) is 6.54 Å². The Hall–Kier alpha value is -1.88. The van der Waals surface area contributed by atoms with E-state index in [1.807, 2.05) is 12.1 Å². The zero-order valence-corrected chi connectivity index (χ0v) is 12.3. The van der Waals surface area contributed by atoms with E-state index in [0.717, 1.165) is 25.2 Å². The van der Waals surface area contributed by atoms with E-state index in [9.17, 15) is 9.59 Å². The van der Waals surface area contributed by atoms with Gasteiger partial charge in [0.2, 0.25) is 0 Å². The summed E-state index contributed by atoms with van der Waals surface area (Å²) in [6.07, 6.45) is 0. The second-order valence-corrected chi connectivity index (χ2v) is 4.71. The topological polar surface area (TPSA) is 60.9 Å². The van der Waals surface area contributed by atoms with Crippen LogP contribution in [0, 0.1) is 0 Å². The van der Waals surface area contributed by atoms with Gasteiger partial charge < -0.3 is 10.0 Å². The quantitative estimate of drug-likeness (QED) is 0.824.